The molecule has 1 aliphatic heterocycles. The number of nitrogens with two attached hydrogens (primary N) is 1. The number of fused-ring (bicyclic) bond motifs is 1. The predicted molar refractivity (Wildman–Crippen MR) is 127 cm³/mol. The first kappa shape index (κ1) is 23.1. The Labute approximate surface area is 198 Å². The number of rotatable bonds is 6. The van der Waals surface area contributed by atoms with Gasteiger partial charge in [0, 0.05) is 24.8 Å². The van der Waals surface area contributed by atoms with Crippen LogP contribution in [-0.4, -0.2) is 39.7 Å². The van der Waals surface area contributed by atoms with Crippen LogP contribution in [0.25, 0.3) is 17.5 Å². The fraction of sp³-hybridized carbons (Fsp3) is 0.208. The lowest BCUT2D eigenvalue weighted by Gasteiger charge is -2.27. The normalized spacial score (nSPS) is 15.8. The van der Waals surface area contributed by atoms with Crippen LogP contribution in [0, 0.1) is 0 Å². The second-order valence-corrected chi connectivity index (χ2v) is 8.20. The van der Waals surface area contributed by atoms with Crippen LogP contribution in [0.15, 0.2) is 59.4 Å². The van der Waals surface area contributed by atoms with Gasteiger partial charge in [0.25, 0.3) is 0 Å². The number of aromatic nitrogens is 3. The second kappa shape index (κ2) is 9.84. The molecule has 0 aliphatic carbocycles. The lowest BCUT2D eigenvalue weighted by Crippen LogP contribution is -2.45. The van der Waals surface area contributed by atoms with Crippen molar-refractivity contribution in [3.8, 4) is 0 Å². The Bertz CT molecular complexity index is 1440. The molecule has 4 rings (SSSR count). The quantitative estimate of drug-likeness (QED) is 0.514. The summed E-state index contributed by atoms with van der Waals surface area (Å²) < 4.78 is 12.3. The first-order chi connectivity index (χ1) is 16.5. The monoisotopic (exact) mass is 478 g/mol. The van der Waals surface area contributed by atoms with E-state index in [1.165, 1.54) is 4.57 Å². The number of carbonyl (C=O) groups excluding carboxylic acids is 2. The van der Waals surface area contributed by atoms with Gasteiger partial charge in [-0.2, -0.15) is 0 Å². The minimum absolute atomic E-state index is 0.000959. The van der Waals surface area contributed by atoms with E-state index in [1.54, 1.807) is 69.0 Å². The number of nitrogens with zero attached hydrogens (tertiary/aromatic N) is 3. The smallest absolute Gasteiger partial charge is 0.338 e. The van der Waals surface area contributed by atoms with Crippen LogP contribution in [0.5, 0.6) is 0 Å². The molecule has 0 saturated carbocycles. The first-order valence-corrected chi connectivity index (χ1v) is 11.4. The van der Waals surface area contributed by atoms with Crippen LogP contribution in [0.2, 0.25) is 0 Å². The minimum Gasteiger partial charge on any atom is -0.463 e. The van der Waals surface area contributed by atoms with E-state index in [9.17, 15) is 14.4 Å². The first-order valence-electron chi connectivity index (χ1n) is 10.6. The summed E-state index contributed by atoms with van der Waals surface area (Å²) in [7, 11) is 0. The van der Waals surface area contributed by atoms with Crippen molar-refractivity contribution in [1.29, 1.82) is 0 Å². The van der Waals surface area contributed by atoms with Gasteiger partial charge in [-0.3, -0.25) is 19.3 Å². The fourth-order valence-electron chi connectivity index (χ4n) is 3.86. The Balaban J connectivity index is 2.17. The molecular formula is C24H22N4O5S. The van der Waals surface area contributed by atoms with E-state index >= 15 is 0 Å². The fourth-order valence-corrected chi connectivity index (χ4v) is 4.83. The van der Waals surface area contributed by atoms with Crippen LogP contribution in [0.1, 0.15) is 30.9 Å². The van der Waals surface area contributed by atoms with Crippen molar-refractivity contribution in [2.24, 2.45) is 5.73 Å². The number of carbonyl (C=O) groups is 2. The molecule has 34 heavy (non-hydrogen) atoms. The van der Waals surface area contributed by atoms with E-state index in [1.807, 2.05) is 0 Å². The number of thiazole rings is 1. The standard InChI is InChI=1S/C24H22N4O5S/c1-3-32-22(29)18-17(15-7-11-27-12-8-15)19(23(30)33-4-2)21(25)28-20(18)16(34-24(28)31)13-14-5-9-26-10-6-14/h5-13,17H,3-4,25H2,1-2H3. The largest absolute Gasteiger partial charge is 0.463 e. The Morgan fingerprint density at radius 1 is 1.00 bits per heavy atom. The third kappa shape index (κ3) is 4.15. The molecule has 2 N–H and O–H groups in total. The van der Waals surface area contributed by atoms with Gasteiger partial charge in [-0.05, 0) is 55.3 Å². The van der Waals surface area contributed by atoms with E-state index in [4.69, 9.17) is 15.2 Å². The Kier molecular flexibility index (Phi) is 6.69. The molecule has 3 aromatic rings. The molecule has 0 fully saturated rings. The summed E-state index contributed by atoms with van der Waals surface area (Å²) in [6.45, 7) is 3.56. The molecule has 1 atom stereocenters. The summed E-state index contributed by atoms with van der Waals surface area (Å²) in [6.07, 6.45) is 8.12. The highest BCUT2D eigenvalue weighted by molar-refractivity contribution is 7.07. The van der Waals surface area contributed by atoms with Crippen molar-refractivity contribution in [2.75, 3.05) is 13.2 Å². The van der Waals surface area contributed by atoms with Crippen LogP contribution in [0.3, 0.4) is 0 Å². The molecule has 4 heterocycles. The van der Waals surface area contributed by atoms with Crippen molar-refractivity contribution in [1.82, 2.24) is 14.5 Å². The SMILES string of the molecule is CCOC(=O)C1=C(N)n2c(=O)sc(=Cc3ccncc3)c2=C(C(=O)OCC)C1c1ccncc1. The van der Waals surface area contributed by atoms with Crippen molar-refractivity contribution >= 4 is 40.7 Å². The molecule has 0 saturated heterocycles. The highest BCUT2D eigenvalue weighted by Crippen LogP contribution is 2.37. The molecule has 0 amide bonds. The molecular weight excluding hydrogens is 456 g/mol. The van der Waals surface area contributed by atoms with Gasteiger partial charge in [-0.15, -0.1) is 0 Å². The summed E-state index contributed by atoms with van der Waals surface area (Å²) in [6, 6.07) is 6.92. The number of ether oxygens (including phenoxy) is 2. The van der Waals surface area contributed by atoms with Gasteiger partial charge in [0.2, 0.25) is 0 Å². The zero-order valence-corrected chi connectivity index (χ0v) is 19.4. The van der Waals surface area contributed by atoms with E-state index in [0.29, 0.717) is 10.1 Å². The van der Waals surface area contributed by atoms with Crippen LogP contribution in [-0.2, 0) is 19.1 Å². The average molecular weight is 479 g/mol. The zero-order valence-electron chi connectivity index (χ0n) is 18.6. The third-order valence-corrected chi connectivity index (χ3v) is 6.11. The number of pyridine rings is 2. The molecule has 9 nitrogen and oxygen atoms in total. The maximum atomic E-state index is 13.4. The van der Waals surface area contributed by atoms with Crippen molar-refractivity contribution in [3.63, 3.8) is 0 Å². The number of hydrogen-bond donors (Lipinski definition) is 1. The summed E-state index contributed by atoms with van der Waals surface area (Å²) in [5.74, 6) is -2.37. The third-order valence-electron chi connectivity index (χ3n) is 5.22. The molecule has 0 spiro atoms. The van der Waals surface area contributed by atoms with Crippen molar-refractivity contribution < 1.29 is 19.1 Å². The van der Waals surface area contributed by atoms with Gasteiger partial charge < -0.3 is 15.2 Å². The van der Waals surface area contributed by atoms with Gasteiger partial charge >= 0.3 is 16.8 Å². The van der Waals surface area contributed by atoms with Gasteiger partial charge in [0.15, 0.2) is 0 Å². The molecule has 0 aromatic carbocycles. The van der Waals surface area contributed by atoms with Gasteiger partial charge in [-0.1, -0.05) is 11.3 Å². The van der Waals surface area contributed by atoms with E-state index in [0.717, 1.165) is 16.9 Å². The molecule has 174 valence electrons. The van der Waals surface area contributed by atoms with Crippen molar-refractivity contribution in [2.45, 2.75) is 19.8 Å². The van der Waals surface area contributed by atoms with Crippen LogP contribution >= 0.6 is 11.3 Å². The maximum Gasteiger partial charge on any atom is 0.338 e. The van der Waals surface area contributed by atoms with Crippen LogP contribution < -0.4 is 20.5 Å². The summed E-state index contributed by atoms with van der Waals surface area (Å²) in [4.78, 5) is 47.1. The Morgan fingerprint density at radius 2 is 1.56 bits per heavy atom. The summed E-state index contributed by atoms with van der Waals surface area (Å²) in [5, 5.41) is 0.289. The van der Waals surface area contributed by atoms with Crippen molar-refractivity contribution in [3.05, 3.63) is 85.3 Å². The Hall–Kier alpha value is -4.05. The lowest BCUT2D eigenvalue weighted by molar-refractivity contribution is -0.138. The van der Waals surface area contributed by atoms with E-state index in [-0.39, 0.29) is 35.5 Å². The highest BCUT2D eigenvalue weighted by atomic mass is 32.1. The van der Waals surface area contributed by atoms with Gasteiger partial charge in [-0.25, -0.2) is 9.59 Å². The van der Waals surface area contributed by atoms with Gasteiger partial charge in [0.05, 0.1) is 40.2 Å². The van der Waals surface area contributed by atoms with E-state index < -0.39 is 22.7 Å². The Morgan fingerprint density at radius 3 is 2.15 bits per heavy atom. The topological polar surface area (TPSA) is 126 Å². The predicted octanol–water partition coefficient (Wildman–Crippen LogP) is 0.730. The van der Waals surface area contributed by atoms with Gasteiger partial charge in [0.1, 0.15) is 5.82 Å². The zero-order chi connectivity index (χ0) is 24.2. The average Bonchev–Trinajstić information content (AvgIpc) is 3.16. The summed E-state index contributed by atoms with van der Waals surface area (Å²) in [5.41, 5.74) is 7.93. The lowest BCUT2D eigenvalue weighted by atomic mass is 9.82. The number of hydrogen-bond acceptors (Lipinski definition) is 9. The maximum absolute atomic E-state index is 13.4. The number of esters is 2. The molecule has 0 radical (unpaired) electrons. The van der Waals surface area contributed by atoms with E-state index in [2.05, 4.69) is 9.97 Å². The molecule has 10 heteroatoms. The minimum atomic E-state index is -0.917. The summed E-state index contributed by atoms with van der Waals surface area (Å²) >= 11 is 0.917. The molecule has 3 aromatic heterocycles. The second-order valence-electron chi connectivity index (χ2n) is 7.21. The molecule has 1 unspecified atom stereocenters. The van der Waals surface area contributed by atoms with Crippen LogP contribution in [0.4, 0.5) is 0 Å². The molecule has 1 aliphatic rings. The molecule has 0 bridgehead atoms. The highest BCUT2D eigenvalue weighted by Gasteiger charge is 2.39.